The van der Waals surface area contributed by atoms with Crippen molar-refractivity contribution in [3.63, 3.8) is 0 Å². The Bertz CT molecular complexity index is 553. The molecule has 1 heterocycles. The highest BCUT2D eigenvalue weighted by Gasteiger charge is 2.21. The summed E-state index contributed by atoms with van der Waals surface area (Å²) in [6.07, 6.45) is 0. The van der Waals surface area contributed by atoms with E-state index in [-0.39, 0.29) is 11.8 Å². The average Bonchev–Trinajstić information content (AvgIpc) is 2.38. The number of alkyl halides is 1. The van der Waals surface area contributed by atoms with Gasteiger partial charge in [0, 0.05) is 13.1 Å². The summed E-state index contributed by atoms with van der Waals surface area (Å²) in [7, 11) is 0. The Kier molecular flexibility index (Phi) is 2.52. The molecule has 17 heavy (non-hydrogen) atoms. The first-order valence-electron chi connectivity index (χ1n) is 5.63. The van der Waals surface area contributed by atoms with Gasteiger partial charge in [-0.2, -0.15) is 0 Å². The molecule has 0 fully saturated rings. The van der Waals surface area contributed by atoms with Gasteiger partial charge in [0.25, 0.3) is 0 Å². The van der Waals surface area contributed by atoms with Gasteiger partial charge in [-0.25, -0.2) is 0 Å². The third-order valence-electron chi connectivity index (χ3n) is 3.27. The summed E-state index contributed by atoms with van der Waals surface area (Å²) in [6, 6.07) is 12.5. The van der Waals surface area contributed by atoms with E-state index in [1.165, 1.54) is 21.9 Å². The maximum atomic E-state index is 11.7. The summed E-state index contributed by atoms with van der Waals surface area (Å²) in [5.74, 6) is 0.0520. The van der Waals surface area contributed by atoms with Crippen LogP contribution >= 0.6 is 11.6 Å². The smallest absolute Gasteiger partial charge is 0.238 e. The SMILES string of the molecule is O=C(CCl)N1Cc2cccc3cccc(c23)C1. The highest BCUT2D eigenvalue weighted by molar-refractivity contribution is 6.27. The zero-order valence-corrected chi connectivity index (χ0v) is 10.1. The van der Waals surface area contributed by atoms with Crippen molar-refractivity contribution in [2.24, 2.45) is 0 Å². The van der Waals surface area contributed by atoms with Crippen molar-refractivity contribution in [3.05, 3.63) is 47.5 Å². The zero-order valence-electron chi connectivity index (χ0n) is 9.32. The molecule has 0 bridgehead atoms. The van der Waals surface area contributed by atoms with Gasteiger partial charge in [-0.3, -0.25) is 4.79 Å². The molecule has 0 radical (unpaired) electrons. The van der Waals surface area contributed by atoms with E-state index in [4.69, 9.17) is 11.6 Å². The summed E-state index contributed by atoms with van der Waals surface area (Å²) < 4.78 is 0. The van der Waals surface area contributed by atoms with E-state index in [1.54, 1.807) is 0 Å². The summed E-state index contributed by atoms with van der Waals surface area (Å²) in [5, 5.41) is 2.55. The summed E-state index contributed by atoms with van der Waals surface area (Å²) >= 11 is 5.62. The van der Waals surface area contributed by atoms with E-state index in [0.29, 0.717) is 13.1 Å². The highest BCUT2D eigenvalue weighted by Crippen LogP contribution is 2.29. The Hall–Kier alpha value is -1.54. The molecule has 0 aromatic heterocycles. The van der Waals surface area contributed by atoms with Gasteiger partial charge in [-0.15, -0.1) is 11.6 Å². The van der Waals surface area contributed by atoms with Gasteiger partial charge in [-0.1, -0.05) is 36.4 Å². The monoisotopic (exact) mass is 245 g/mol. The first kappa shape index (κ1) is 10.6. The van der Waals surface area contributed by atoms with Crippen molar-refractivity contribution in [1.82, 2.24) is 4.90 Å². The minimum atomic E-state index is -0.00169. The average molecular weight is 246 g/mol. The van der Waals surface area contributed by atoms with Crippen molar-refractivity contribution < 1.29 is 4.79 Å². The Morgan fingerprint density at radius 1 is 1.12 bits per heavy atom. The molecule has 0 atom stereocenters. The molecule has 2 aromatic rings. The van der Waals surface area contributed by atoms with E-state index < -0.39 is 0 Å². The normalized spacial score (nSPS) is 14.1. The van der Waals surface area contributed by atoms with Gasteiger partial charge in [0.05, 0.1) is 0 Å². The molecule has 0 saturated heterocycles. The van der Waals surface area contributed by atoms with Gasteiger partial charge in [0.15, 0.2) is 0 Å². The molecule has 86 valence electrons. The molecule has 0 unspecified atom stereocenters. The maximum Gasteiger partial charge on any atom is 0.238 e. The molecule has 3 rings (SSSR count). The second-order valence-electron chi connectivity index (χ2n) is 4.32. The second kappa shape index (κ2) is 4.04. The molecular weight excluding hydrogens is 234 g/mol. The number of carbonyl (C=O) groups is 1. The Morgan fingerprint density at radius 2 is 1.71 bits per heavy atom. The van der Waals surface area contributed by atoms with Gasteiger partial charge < -0.3 is 4.90 Å². The van der Waals surface area contributed by atoms with Crippen LogP contribution in [-0.4, -0.2) is 16.7 Å². The van der Waals surface area contributed by atoms with Crippen LogP contribution in [0.3, 0.4) is 0 Å². The van der Waals surface area contributed by atoms with E-state index in [9.17, 15) is 4.79 Å². The van der Waals surface area contributed by atoms with Crippen LogP contribution < -0.4 is 0 Å². The number of carbonyl (C=O) groups excluding carboxylic acids is 1. The lowest BCUT2D eigenvalue weighted by molar-refractivity contribution is -0.129. The number of hydrogen-bond donors (Lipinski definition) is 0. The van der Waals surface area contributed by atoms with Crippen LogP contribution in [0.2, 0.25) is 0 Å². The quantitative estimate of drug-likeness (QED) is 0.708. The lowest BCUT2D eigenvalue weighted by atomic mass is 9.95. The second-order valence-corrected chi connectivity index (χ2v) is 4.58. The maximum absolute atomic E-state index is 11.7. The van der Waals surface area contributed by atoms with Crippen molar-refractivity contribution >= 4 is 28.3 Å². The molecule has 1 aliphatic heterocycles. The van der Waals surface area contributed by atoms with Crippen molar-refractivity contribution in [3.8, 4) is 0 Å². The van der Waals surface area contributed by atoms with Crippen LogP contribution in [0.5, 0.6) is 0 Å². The van der Waals surface area contributed by atoms with E-state index in [0.717, 1.165) is 0 Å². The minimum absolute atomic E-state index is 0.00169. The molecule has 0 N–H and O–H groups in total. The fourth-order valence-corrected chi connectivity index (χ4v) is 2.66. The Balaban J connectivity index is 2.14. The molecule has 2 aromatic carbocycles. The first-order chi connectivity index (χ1) is 8.29. The number of nitrogens with zero attached hydrogens (tertiary/aromatic N) is 1. The molecule has 1 amide bonds. The Labute approximate surface area is 105 Å². The molecule has 0 saturated carbocycles. The van der Waals surface area contributed by atoms with Crippen LogP contribution in [0.15, 0.2) is 36.4 Å². The zero-order chi connectivity index (χ0) is 11.8. The van der Waals surface area contributed by atoms with E-state index in [1.807, 2.05) is 17.0 Å². The molecule has 0 spiro atoms. The Morgan fingerprint density at radius 3 is 2.24 bits per heavy atom. The number of rotatable bonds is 1. The molecule has 2 nitrogen and oxygen atoms in total. The van der Waals surface area contributed by atoms with E-state index >= 15 is 0 Å². The predicted molar refractivity (Wildman–Crippen MR) is 68.9 cm³/mol. The number of amides is 1. The van der Waals surface area contributed by atoms with Gasteiger partial charge in [-0.05, 0) is 21.9 Å². The molecule has 3 heteroatoms. The van der Waals surface area contributed by atoms with Crippen LogP contribution in [0, 0.1) is 0 Å². The molecule has 0 aliphatic carbocycles. The lowest BCUT2D eigenvalue weighted by Gasteiger charge is -2.28. The van der Waals surface area contributed by atoms with Crippen molar-refractivity contribution in [2.75, 3.05) is 5.88 Å². The number of halogens is 1. The summed E-state index contributed by atoms with van der Waals surface area (Å²) in [4.78, 5) is 13.5. The highest BCUT2D eigenvalue weighted by atomic mass is 35.5. The first-order valence-corrected chi connectivity index (χ1v) is 6.16. The van der Waals surface area contributed by atoms with Crippen molar-refractivity contribution in [2.45, 2.75) is 13.1 Å². The van der Waals surface area contributed by atoms with Crippen LogP contribution in [-0.2, 0) is 17.9 Å². The number of benzene rings is 2. The summed E-state index contributed by atoms with van der Waals surface area (Å²) in [5.41, 5.74) is 2.42. The summed E-state index contributed by atoms with van der Waals surface area (Å²) in [6.45, 7) is 1.33. The topological polar surface area (TPSA) is 20.3 Å². The largest absolute Gasteiger partial charge is 0.333 e. The third kappa shape index (κ3) is 1.69. The van der Waals surface area contributed by atoms with Crippen LogP contribution in [0.4, 0.5) is 0 Å². The third-order valence-corrected chi connectivity index (χ3v) is 3.50. The van der Waals surface area contributed by atoms with Crippen molar-refractivity contribution in [1.29, 1.82) is 0 Å². The molecule has 1 aliphatic rings. The fourth-order valence-electron chi connectivity index (χ4n) is 2.49. The van der Waals surface area contributed by atoms with Crippen LogP contribution in [0.1, 0.15) is 11.1 Å². The molecular formula is C14H12ClNO. The van der Waals surface area contributed by atoms with Gasteiger partial charge in [0.1, 0.15) is 5.88 Å². The number of hydrogen-bond acceptors (Lipinski definition) is 1. The minimum Gasteiger partial charge on any atom is -0.333 e. The predicted octanol–water partition coefficient (Wildman–Crippen LogP) is 2.92. The standard InChI is InChI=1S/C14H12ClNO/c15-7-13(17)16-8-11-5-1-3-10-4-2-6-12(9-16)14(10)11/h1-6H,7-9H2. The van der Waals surface area contributed by atoms with Gasteiger partial charge in [0.2, 0.25) is 5.91 Å². The lowest BCUT2D eigenvalue weighted by Crippen LogP contribution is -2.33. The fraction of sp³-hybridized carbons (Fsp3) is 0.214. The van der Waals surface area contributed by atoms with E-state index in [2.05, 4.69) is 24.3 Å². The van der Waals surface area contributed by atoms with Crippen LogP contribution in [0.25, 0.3) is 10.8 Å². The van der Waals surface area contributed by atoms with Gasteiger partial charge >= 0.3 is 0 Å².